The molecule has 1 aromatic rings. The molecule has 1 aromatic heterocycles. The minimum Gasteiger partial charge on any atom is -0.460 e. The van der Waals surface area contributed by atoms with Gasteiger partial charge < -0.3 is 19.3 Å². The number of esters is 1. The SMILES string of the molecule is COCCCNCc1noc(C(CCCC2CCCCC2)CC(=O)OC(C)(C)C)n1. The molecule has 1 fully saturated rings. The number of rotatable bonds is 13. The highest BCUT2D eigenvalue weighted by molar-refractivity contribution is 5.70. The van der Waals surface area contributed by atoms with Crippen LogP contribution in [0.15, 0.2) is 4.52 Å². The van der Waals surface area contributed by atoms with Crippen molar-refractivity contribution in [3.05, 3.63) is 11.7 Å². The minimum atomic E-state index is -0.490. The summed E-state index contributed by atoms with van der Waals surface area (Å²) in [6.45, 7) is 7.79. The van der Waals surface area contributed by atoms with Crippen molar-refractivity contribution in [2.75, 3.05) is 20.3 Å². The van der Waals surface area contributed by atoms with E-state index in [0.717, 1.165) is 38.3 Å². The molecule has 0 aliphatic heterocycles. The maximum atomic E-state index is 12.5. The minimum absolute atomic E-state index is 0.0850. The summed E-state index contributed by atoms with van der Waals surface area (Å²) in [5.41, 5.74) is -0.490. The maximum Gasteiger partial charge on any atom is 0.307 e. The smallest absolute Gasteiger partial charge is 0.307 e. The van der Waals surface area contributed by atoms with E-state index in [2.05, 4.69) is 15.5 Å². The molecule has 1 N–H and O–H groups in total. The van der Waals surface area contributed by atoms with Crippen LogP contribution < -0.4 is 5.32 Å². The number of aromatic nitrogens is 2. The predicted molar refractivity (Wildman–Crippen MR) is 116 cm³/mol. The van der Waals surface area contributed by atoms with Crippen LogP contribution in [-0.2, 0) is 20.8 Å². The summed E-state index contributed by atoms with van der Waals surface area (Å²) >= 11 is 0. The van der Waals surface area contributed by atoms with Gasteiger partial charge in [0.2, 0.25) is 5.89 Å². The molecule has 1 aliphatic rings. The lowest BCUT2D eigenvalue weighted by Crippen LogP contribution is -2.25. The normalized spacial score (nSPS) is 16.5. The fourth-order valence-corrected chi connectivity index (χ4v) is 4.07. The van der Waals surface area contributed by atoms with Gasteiger partial charge in [-0.15, -0.1) is 0 Å². The number of hydrogen-bond donors (Lipinski definition) is 1. The zero-order valence-electron chi connectivity index (χ0n) is 19.4. The molecule has 0 spiro atoms. The lowest BCUT2D eigenvalue weighted by atomic mass is 9.84. The molecule has 0 saturated heterocycles. The standard InChI is InChI=1S/C23H41N3O4/c1-23(2,3)29-21(27)16-19(13-8-12-18-10-6-5-7-11-18)22-25-20(26-30-22)17-24-14-9-15-28-4/h18-19,24H,5-17H2,1-4H3. The summed E-state index contributed by atoms with van der Waals surface area (Å²) in [5.74, 6) is 1.72. The first-order chi connectivity index (χ1) is 14.4. The molecular weight excluding hydrogens is 382 g/mol. The average molecular weight is 424 g/mol. The Balaban J connectivity index is 1.89. The zero-order chi connectivity index (χ0) is 21.8. The van der Waals surface area contributed by atoms with Gasteiger partial charge >= 0.3 is 5.97 Å². The highest BCUT2D eigenvalue weighted by Crippen LogP contribution is 2.31. The Morgan fingerprint density at radius 3 is 2.70 bits per heavy atom. The van der Waals surface area contributed by atoms with Crippen molar-refractivity contribution in [1.82, 2.24) is 15.5 Å². The molecule has 1 aliphatic carbocycles. The van der Waals surface area contributed by atoms with E-state index in [1.807, 2.05) is 20.8 Å². The first kappa shape index (κ1) is 24.8. The zero-order valence-corrected chi connectivity index (χ0v) is 19.4. The summed E-state index contributed by atoms with van der Waals surface area (Å²) in [6, 6.07) is 0. The quantitative estimate of drug-likeness (QED) is 0.361. The number of nitrogens with zero attached hydrogens (tertiary/aromatic N) is 2. The Bertz CT molecular complexity index is 606. The van der Waals surface area contributed by atoms with E-state index in [4.69, 9.17) is 14.0 Å². The summed E-state index contributed by atoms with van der Waals surface area (Å²) < 4.78 is 16.1. The van der Waals surface area contributed by atoms with Gasteiger partial charge in [-0.2, -0.15) is 4.98 Å². The Morgan fingerprint density at radius 2 is 2.00 bits per heavy atom. The highest BCUT2D eigenvalue weighted by atomic mass is 16.6. The van der Waals surface area contributed by atoms with Gasteiger partial charge in [0.1, 0.15) is 5.60 Å². The number of carbonyl (C=O) groups excluding carboxylic acids is 1. The van der Waals surface area contributed by atoms with Gasteiger partial charge in [-0.25, -0.2) is 0 Å². The first-order valence-corrected chi connectivity index (χ1v) is 11.6. The lowest BCUT2D eigenvalue weighted by Gasteiger charge is -2.23. The van der Waals surface area contributed by atoms with Crippen molar-refractivity contribution in [3.8, 4) is 0 Å². The van der Waals surface area contributed by atoms with Crippen LogP contribution in [-0.4, -0.2) is 42.0 Å². The van der Waals surface area contributed by atoms with Crippen LogP contribution in [0, 0.1) is 5.92 Å². The Hall–Kier alpha value is -1.47. The second kappa shape index (κ2) is 13.1. The second-order valence-electron chi connectivity index (χ2n) is 9.49. The molecule has 30 heavy (non-hydrogen) atoms. The monoisotopic (exact) mass is 423 g/mol. The summed E-state index contributed by atoms with van der Waals surface area (Å²) in [4.78, 5) is 17.0. The largest absolute Gasteiger partial charge is 0.460 e. The van der Waals surface area contributed by atoms with Crippen LogP contribution in [0.3, 0.4) is 0 Å². The van der Waals surface area contributed by atoms with Gasteiger partial charge in [0.15, 0.2) is 5.82 Å². The molecule has 0 aromatic carbocycles. The molecule has 7 nitrogen and oxygen atoms in total. The Kier molecular flexibility index (Phi) is 10.8. The van der Waals surface area contributed by atoms with Gasteiger partial charge in [0.25, 0.3) is 0 Å². The molecular formula is C23H41N3O4. The van der Waals surface area contributed by atoms with Gasteiger partial charge in [-0.05, 0) is 46.1 Å². The van der Waals surface area contributed by atoms with Crippen molar-refractivity contribution in [2.45, 2.75) is 103 Å². The number of nitrogens with one attached hydrogen (secondary N) is 1. The van der Waals surface area contributed by atoms with Crippen molar-refractivity contribution < 1.29 is 18.8 Å². The highest BCUT2D eigenvalue weighted by Gasteiger charge is 2.26. The van der Waals surface area contributed by atoms with E-state index in [1.54, 1.807) is 7.11 Å². The predicted octanol–water partition coefficient (Wildman–Crippen LogP) is 4.76. The Labute approximate surface area is 181 Å². The number of carbonyl (C=O) groups is 1. The molecule has 7 heteroatoms. The fourth-order valence-electron chi connectivity index (χ4n) is 4.07. The molecule has 0 amide bonds. The topological polar surface area (TPSA) is 86.5 Å². The van der Waals surface area contributed by atoms with Crippen molar-refractivity contribution in [3.63, 3.8) is 0 Å². The molecule has 1 atom stereocenters. The summed E-state index contributed by atoms with van der Waals surface area (Å²) in [5, 5.41) is 7.39. The second-order valence-corrected chi connectivity index (χ2v) is 9.49. The maximum absolute atomic E-state index is 12.5. The molecule has 1 saturated carbocycles. The van der Waals surface area contributed by atoms with E-state index in [-0.39, 0.29) is 18.3 Å². The molecule has 0 bridgehead atoms. The third-order valence-corrected chi connectivity index (χ3v) is 5.54. The van der Waals surface area contributed by atoms with Crippen LogP contribution in [0.1, 0.15) is 103 Å². The van der Waals surface area contributed by atoms with Gasteiger partial charge in [-0.3, -0.25) is 4.79 Å². The van der Waals surface area contributed by atoms with Crippen LogP contribution in [0.5, 0.6) is 0 Å². The lowest BCUT2D eigenvalue weighted by molar-refractivity contribution is -0.155. The van der Waals surface area contributed by atoms with Gasteiger partial charge in [0.05, 0.1) is 13.0 Å². The van der Waals surface area contributed by atoms with Crippen LogP contribution in [0.25, 0.3) is 0 Å². The van der Waals surface area contributed by atoms with Crippen LogP contribution in [0.4, 0.5) is 0 Å². The van der Waals surface area contributed by atoms with E-state index < -0.39 is 5.60 Å². The molecule has 0 radical (unpaired) electrons. The van der Waals surface area contributed by atoms with E-state index >= 15 is 0 Å². The molecule has 2 rings (SSSR count). The van der Waals surface area contributed by atoms with Gasteiger partial charge in [0, 0.05) is 19.6 Å². The van der Waals surface area contributed by atoms with Crippen molar-refractivity contribution in [1.29, 1.82) is 0 Å². The molecule has 1 heterocycles. The average Bonchev–Trinajstić information content (AvgIpc) is 3.15. The first-order valence-electron chi connectivity index (χ1n) is 11.6. The third kappa shape index (κ3) is 10.0. The van der Waals surface area contributed by atoms with Gasteiger partial charge in [-0.1, -0.05) is 50.1 Å². The summed E-state index contributed by atoms with van der Waals surface area (Å²) in [6.07, 6.45) is 11.2. The molecule has 1 unspecified atom stereocenters. The van der Waals surface area contributed by atoms with E-state index in [0.29, 0.717) is 18.3 Å². The Morgan fingerprint density at radius 1 is 1.23 bits per heavy atom. The fraction of sp³-hybridized carbons (Fsp3) is 0.870. The number of ether oxygens (including phenoxy) is 2. The van der Waals surface area contributed by atoms with Crippen LogP contribution in [0.2, 0.25) is 0 Å². The van der Waals surface area contributed by atoms with Crippen molar-refractivity contribution >= 4 is 5.97 Å². The van der Waals surface area contributed by atoms with E-state index in [9.17, 15) is 4.79 Å². The van der Waals surface area contributed by atoms with Crippen LogP contribution >= 0.6 is 0 Å². The third-order valence-electron chi connectivity index (χ3n) is 5.54. The number of hydrogen-bond acceptors (Lipinski definition) is 7. The van der Waals surface area contributed by atoms with Crippen molar-refractivity contribution in [2.24, 2.45) is 5.92 Å². The van der Waals surface area contributed by atoms with E-state index in [1.165, 1.54) is 38.5 Å². The number of methoxy groups -OCH3 is 1. The molecule has 172 valence electrons. The summed E-state index contributed by atoms with van der Waals surface area (Å²) in [7, 11) is 1.70.